The van der Waals surface area contributed by atoms with Gasteiger partial charge in [-0.25, -0.2) is 4.39 Å². The minimum Gasteiger partial charge on any atom is -0.480 e. The number of aldehydes is 1. The number of amides is 1. The molecule has 1 unspecified atom stereocenters. The zero-order valence-electron chi connectivity index (χ0n) is 12.2. The molecule has 114 valence electrons. The molecule has 1 aliphatic rings. The number of carbonyl (C=O) groups is 2. The summed E-state index contributed by atoms with van der Waals surface area (Å²) in [6, 6.07) is 3.70. The van der Waals surface area contributed by atoms with E-state index in [9.17, 15) is 14.0 Å². The molecule has 2 rings (SSSR count). The molecule has 1 aromatic carbocycles. The lowest BCUT2D eigenvalue weighted by atomic mass is 10.2. The topological polar surface area (TPSA) is 46.6 Å². The lowest BCUT2D eigenvalue weighted by molar-refractivity contribution is -0.137. The van der Waals surface area contributed by atoms with Gasteiger partial charge < -0.3 is 9.64 Å². The lowest BCUT2D eigenvalue weighted by Gasteiger charge is -2.24. The number of ether oxygens (including phenoxy) is 1. The predicted octanol–water partition coefficient (Wildman–Crippen LogP) is 2.81. The smallest absolute Gasteiger partial charge is 0.263 e. The first-order valence-corrected chi connectivity index (χ1v) is 7.32. The number of carbonyl (C=O) groups excluding carboxylic acids is 2. The molecule has 0 bridgehead atoms. The van der Waals surface area contributed by atoms with Gasteiger partial charge >= 0.3 is 0 Å². The number of halogens is 1. The molecule has 5 heteroatoms. The van der Waals surface area contributed by atoms with E-state index in [1.807, 2.05) is 4.90 Å². The molecule has 1 fully saturated rings. The van der Waals surface area contributed by atoms with Crippen LogP contribution in [0.4, 0.5) is 4.39 Å². The van der Waals surface area contributed by atoms with E-state index < -0.39 is 11.9 Å². The molecule has 0 saturated carbocycles. The minimum absolute atomic E-state index is 0.0851. The summed E-state index contributed by atoms with van der Waals surface area (Å²) in [5, 5.41) is 0. The van der Waals surface area contributed by atoms with Gasteiger partial charge in [-0.3, -0.25) is 9.59 Å². The highest BCUT2D eigenvalue weighted by molar-refractivity contribution is 5.82. The first kappa shape index (κ1) is 15.5. The molecular formula is C16H20FNO3. The Morgan fingerprint density at radius 3 is 2.57 bits per heavy atom. The summed E-state index contributed by atoms with van der Waals surface area (Å²) in [6.45, 7) is 3.15. The second kappa shape index (κ2) is 7.20. The summed E-state index contributed by atoms with van der Waals surface area (Å²) in [5.41, 5.74) is 0.116. The Balaban J connectivity index is 2.04. The van der Waals surface area contributed by atoms with Gasteiger partial charge in [-0.2, -0.15) is 0 Å². The maximum Gasteiger partial charge on any atom is 0.263 e. The van der Waals surface area contributed by atoms with Crippen molar-refractivity contribution in [1.82, 2.24) is 4.90 Å². The van der Waals surface area contributed by atoms with Gasteiger partial charge in [0.2, 0.25) is 0 Å². The summed E-state index contributed by atoms with van der Waals surface area (Å²) in [5.74, 6) is -0.351. The average Bonchev–Trinajstić information content (AvgIpc) is 2.77. The molecule has 0 aromatic heterocycles. The number of likely N-dealkylation sites (tertiary alicyclic amines) is 1. The zero-order valence-corrected chi connectivity index (χ0v) is 12.2. The molecule has 1 saturated heterocycles. The van der Waals surface area contributed by atoms with Crippen molar-refractivity contribution in [2.75, 3.05) is 13.1 Å². The fourth-order valence-corrected chi connectivity index (χ4v) is 2.51. The molecule has 1 heterocycles. The molecule has 1 amide bonds. The molecule has 4 nitrogen and oxygen atoms in total. The van der Waals surface area contributed by atoms with E-state index in [1.165, 1.54) is 12.1 Å². The third-order valence-electron chi connectivity index (χ3n) is 3.67. The van der Waals surface area contributed by atoms with E-state index in [0.29, 0.717) is 6.29 Å². The summed E-state index contributed by atoms with van der Waals surface area (Å²) < 4.78 is 18.6. The molecule has 1 aliphatic heterocycles. The van der Waals surface area contributed by atoms with Gasteiger partial charge in [0.25, 0.3) is 5.91 Å². The summed E-state index contributed by atoms with van der Waals surface area (Å²) in [6.07, 6.45) is 4.15. The van der Waals surface area contributed by atoms with Crippen molar-refractivity contribution in [2.24, 2.45) is 0 Å². The maximum atomic E-state index is 13.1. The van der Waals surface area contributed by atoms with Crippen LogP contribution in [0, 0.1) is 5.82 Å². The quantitative estimate of drug-likeness (QED) is 0.802. The van der Waals surface area contributed by atoms with Crippen LogP contribution >= 0.6 is 0 Å². The van der Waals surface area contributed by atoms with E-state index in [4.69, 9.17) is 4.74 Å². The Bertz CT molecular complexity index is 510. The van der Waals surface area contributed by atoms with Crippen LogP contribution in [0.3, 0.4) is 0 Å². The van der Waals surface area contributed by atoms with Crippen LogP contribution in [0.1, 0.15) is 43.0 Å². The second-order valence-electron chi connectivity index (χ2n) is 5.30. The predicted molar refractivity (Wildman–Crippen MR) is 76.9 cm³/mol. The van der Waals surface area contributed by atoms with Crippen molar-refractivity contribution in [3.8, 4) is 5.75 Å². The third kappa shape index (κ3) is 4.03. The Hall–Kier alpha value is -1.91. The van der Waals surface area contributed by atoms with Crippen molar-refractivity contribution in [3.63, 3.8) is 0 Å². The van der Waals surface area contributed by atoms with E-state index in [2.05, 4.69) is 0 Å². The van der Waals surface area contributed by atoms with Gasteiger partial charge in [-0.1, -0.05) is 12.8 Å². The minimum atomic E-state index is -0.688. The van der Waals surface area contributed by atoms with Crippen molar-refractivity contribution in [3.05, 3.63) is 29.6 Å². The summed E-state index contributed by atoms with van der Waals surface area (Å²) >= 11 is 0. The molecular weight excluding hydrogens is 273 g/mol. The van der Waals surface area contributed by atoms with E-state index in [1.54, 1.807) is 6.92 Å². The van der Waals surface area contributed by atoms with E-state index >= 15 is 0 Å². The molecule has 0 N–H and O–H groups in total. The SMILES string of the molecule is CC(Oc1ccc(F)cc1C=O)C(=O)N1CCCCCC1. The van der Waals surface area contributed by atoms with Crippen LogP contribution in [-0.4, -0.2) is 36.3 Å². The largest absolute Gasteiger partial charge is 0.480 e. The van der Waals surface area contributed by atoms with Crippen molar-refractivity contribution >= 4 is 12.2 Å². The Kier molecular flexibility index (Phi) is 5.31. The van der Waals surface area contributed by atoms with Gasteiger partial charge in [0, 0.05) is 13.1 Å². The van der Waals surface area contributed by atoms with Crippen LogP contribution in [0.5, 0.6) is 5.75 Å². The van der Waals surface area contributed by atoms with E-state index in [0.717, 1.165) is 44.8 Å². The number of rotatable bonds is 4. The van der Waals surface area contributed by atoms with Gasteiger partial charge in [-0.15, -0.1) is 0 Å². The van der Waals surface area contributed by atoms with Crippen LogP contribution in [-0.2, 0) is 4.79 Å². The van der Waals surface area contributed by atoms with Gasteiger partial charge in [-0.05, 0) is 38.0 Å². The summed E-state index contributed by atoms with van der Waals surface area (Å²) in [4.78, 5) is 25.1. The average molecular weight is 293 g/mol. The summed E-state index contributed by atoms with van der Waals surface area (Å²) in [7, 11) is 0. The van der Waals surface area contributed by atoms with Crippen molar-refractivity contribution < 1.29 is 18.7 Å². The standard InChI is InChI=1S/C16H20FNO3/c1-12(16(20)18-8-4-2-3-5-9-18)21-15-7-6-14(17)10-13(15)11-19/h6-7,10-12H,2-5,8-9H2,1H3. The Labute approximate surface area is 123 Å². The maximum absolute atomic E-state index is 13.1. The fourth-order valence-electron chi connectivity index (χ4n) is 2.51. The number of hydrogen-bond acceptors (Lipinski definition) is 3. The Morgan fingerprint density at radius 2 is 1.95 bits per heavy atom. The number of nitrogens with zero attached hydrogens (tertiary/aromatic N) is 1. The molecule has 0 spiro atoms. The third-order valence-corrected chi connectivity index (χ3v) is 3.67. The van der Waals surface area contributed by atoms with Crippen LogP contribution in [0.2, 0.25) is 0 Å². The van der Waals surface area contributed by atoms with Crippen LogP contribution in [0.25, 0.3) is 0 Å². The molecule has 1 aromatic rings. The molecule has 21 heavy (non-hydrogen) atoms. The van der Waals surface area contributed by atoms with Crippen LogP contribution < -0.4 is 4.74 Å². The highest BCUT2D eigenvalue weighted by Crippen LogP contribution is 2.20. The normalized spacial score (nSPS) is 17.0. The molecule has 1 atom stereocenters. The number of hydrogen-bond donors (Lipinski definition) is 0. The van der Waals surface area contributed by atoms with Gasteiger partial charge in [0.05, 0.1) is 5.56 Å². The monoisotopic (exact) mass is 293 g/mol. The number of benzene rings is 1. The highest BCUT2D eigenvalue weighted by Gasteiger charge is 2.23. The molecule has 0 radical (unpaired) electrons. The van der Waals surface area contributed by atoms with Crippen LogP contribution in [0.15, 0.2) is 18.2 Å². The van der Waals surface area contributed by atoms with E-state index in [-0.39, 0.29) is 17.2 Å². The molecule has 0 aliphatic carbocycles. The zero-order chi connectivity index (χ0) is 15.2. The Morgan fingerprint density at radius 1 is 1.29 bits per heavy atom. The first-order chi connectivity index (χ1) is 10.1. The van der Waals surface area contributed by atoms with Gasteiger partial charge in [0.15, 0.2) is 12.4 Å². The second-order valence-corrected chi connectivity index (χ2v) is 5.30. The first-order valence-electron chi connectivity index (χ1n) is 7.32. The fraction of sp³-hybridized carbons (Fsp3) is 0.500. The highest BCUT2D eigenvalue weighted by atomic mass is 19.1. The van der Waals surface area contributed by atoms with Gasteiger partial charge in [0.1, 0.15) is 11.6 Å². The van der Waals surface area contributed by atoms with Crippen molar-refractivity contribution in [2.45, 2.75) is 38.7 Å². The lowest BCUT2D eigenvalue weighted by Crippen LogP contribution is -2.41. The van der Waals surface area contributed by atoms with Crippen molar-refractivity contribution in [1.29, 1.82) is 0 Å².